The van der Waals surface area contributed by atoms with Crippen molar-refractivity contribution in [2.75, 3.05) is 20.3 Å². The van der Waals surface area contributed by atoms with Crippen molar-refractivity contribution in [3.05, 3.63) is 53.6 Å². The molecule has 0 saturated heterocycles. The summed E-state index contributed by atoms with van der Waals surface area (Å²) in [5, 5.41) is 9.64. The summed E-state index contributed by atoms with van der Waals surface area (Å²) in [6, 6.07) is 12.4. The Bertz CT molecular complexity index is 764. The minimum atomic E-state index is -1.03. The van der Waals surface area contributed by atoms with E-state index < -0.39 is 5.97 Å². The molecule has 0 radical (unpaired) electrons. The molecular formula is C20H22O5. The monoisotopic (exact) mass is 342 g/mol. The van der Waals surface area contributed by atoms with Gasteiger partial charge in [0.1, 0.15) is 5.75 Å². The fraction of sp³-hybridized carbons (Fsp3) is 0.250. The highest BCUT2D eigenvalue weighted by Crippen LogP contribution is 2.32. The molecule has 1 N–H and O–H groups in total. The van der Waals surface area contributed by atoms with Crippen molar-refractivity contribution >= 4 is 17.6 Å². The molecule has 0 aliphatic rings. The van der Waals surface area contributed by atoms with Gasteiger partial charge in [0.2, 0.25) is 0 Å². The molecule has 0 amide bonds. The van der Waals surface area contributed by atoms with Gasteiger partial charge in [-0.25, -0.2) is 4.79 Å². The van der Waals surface area contributed by atoms with Crippen LogP contribution in [0.15, 0.2) is 42.5 Å². The van der Waals surface area contributed by atoms with E-state index in [0.29, 0.717) is 41.6 Å². The molecule has 0 spiro atoms. The van der Waals surface area contributed by atoms with Crippen molar-refractivity contribution < 1.29 is 24.1 Å². The molecule has 0 aliphatic carbocycles. The van der Waals surface area contributed by atoms with Crippen molar-refractivity contribution in [3.8, 4) is 17.2 Å². The number of aliphatic carboxylic acids is 1. The Kier molecular flexibility index (Phi) is 6.46. The smallest absolute Gasteiger partial charge is 0.336 e. The lowest BCUT2D eigenvalue weighted by Crippen LogP contribution is -2.02. The van der Waals surface area contributed by atoms with Crippen LogP contribution < -0.4 is 14.2 Å². The topological polar surface area (TPSA) is 65.0 Å². The second-order valence-electron chi connectivity index (χ2n) is 5.14. The van der Waals surface area contributed by atoms with Crippen LogP contribution in [0.4, 0.5) is 0 Å². The van der Waals surface area contributed by atoms with Gasteiger partial charge in [-0.2, -0.15) is 0 Å². The lowest BCUT2D eigenvalue weighted by atomic mass is 10.0. The maximum Gasteiger partial charge on any atom is 0.336 e. The van der Waals surface area contributed by atoms with E-state index in [9.17, 15) is 9.90 Å². The van der Waals surface area contributed by atoms with Crippen LogP contribution in [-0.4, -0.2) is 31.4 Å². The Balaban J connectivity index is 2.50. The van der Waals surface area contributed by atoms with Crippen molar-refractivity contribution in [1.82, 2.24) is 0 Å². The van der Waals surface area contributed by atoms with Gasteiger partial charge in [-0.3, -0.25) is 0 Å². The van der Waals surface area contributed by atoms with Crippen LogP contribution in [0.2, 0.25) is 0 Å². The van der Waals surface area contributed by atoms with Gasteiger partial charge in [-0.1, -0.05) is 24.3 Å². The highest BCUT2D eigenvalue weighted by Gasteiger charge is 2.15. The molecular weight excluding hydrogens is 320 g/mol. The highest BCUT2D eigenvalue weighted by molar-refractivity contribution is 6.21. The Morgan fingerprint density at radius 3 is 2.32 bits per heavy atom. The largest absolute Gasteiger partial charge is 0.496 e. The zero-order valence-electron chi connectivity index (χ0n) is 14.6. The third-order valence-corrected chi connectivity index (χ3v) is 3.51. The van der Waals surface area contributed by atoms with Crippen molar-refractivity contribution in [2.45, 2.75) is 13.8 Å². The first-order valence-electron chi connectivity index (χ1n) is 8.08. The number of carbonyl (C=O) groups is 1. The van der Waals surface area contributed by atoms with Crippen molar-refractivity contribution in [1.29, 1.82) is 0 Å². The number of rotatable bonds is 8. The van der Waals surface area contributed by atoms with Gasteiger partial charge < -0.3 is 19.3 Å². The van der Waals surface area contributed by atoms with Gasteiger partial charge >= 0.3 is 5.97 Å². The minimum absolute atomic E-state index is 0.143. The number of carboxylic acid groups (broad SMARTS) is 1. The molecule has 5 heteroatoms. The molecule has 0 atom stereocenters. The van der Waals surface area contributed by atoms with E-state index in [1.54, 1.807) is 48.5 Å². The molecule has 5 nitrogen and oxygen atoms in total. The average Bonchev–Trinajstić information content (AvgIpc) is 2.62. The van der Waals surface area contributed by atoms with Crippen LogP contribution >= 0.6 is 0 Å². The first kappa shape index (κ1) is 18.4. The van der Waals surface area contributed by atoms with Crippen LogP contribution in [0.5, 0.6) is 17.2 Å². The van der Waals surface area contributed by atoms with Gasteiger partial charge in [0, 0.05) is 5.56 Å². The SMILES string of the molecule is CCOc1ccc(/C=C(\C(=O)O)c2ccccc2OC)cc1OCC. The van der Waals surface area contributed by atoms with Gasteiger partial charge in [0.05, 0.1) is 25.9 Å². The first-order chi connectivity index (χ1) is 12.1. The summed E-state index contributed by atoms with van der Waals surface area (Å²) in [6.45, 7) is 4.80. The van der Waals surface area contributed by atoms with E-state index >= 15 is 0 Å². The van der Waals surface area contributed by atoms with Gasteiger partial charge in [-0.05, 0) is 43.7 Å². The third-order valence-electron chi connectivity index (χ3n) is 3.51. The molecule has 0 aliphatic heterocycles. The number of hydrogen-bond acceptors (Lipinski definition) is 4. The maximum atomic E-state index is 11.8. The van der Waals surface area contributed by atoms with E-state index in [1.807, 2.05) is 13.8 Å². The van der Waals surface area contributed by atoms with Crippen molar-refractivity contribution in [2.24, 2.45) is 0 Å². The fourth-order valence-electron chi connectivity index (χ4n) is 2.45. The molecule has 25 heavy (non-hydrogen) atoms. The second-order valence-corrected chi connectivity index (χ2v) is 5.14. The average molecular weight is 342 g/mol. The molecule has 0 unspecified atom stereocenters. The number of carboxylic acids is 1. The molecule has 0 bridgehead atoms. The Morgan fingerprint density at radius 2 is 1.68 bits per heavy atom. The van der Waals surface area contributed by atoms with Crippen LogP contribution in [-0.2, 0) is 4.79 Å². The summed E-state index contributed by atoms with van der Waals surface area (Å²) in [5.41, 5.74) is 1.36. The number of benzene rings is 2. The summed E-state index contributed by atoms with van der Waals surface area (Å²) < 4.78 is 16.4. The lowest BCUT2D eigenvalue weighted by molar-refractivity contribution is -0.130. The molecule has 0 aromatic heterocycles. The predicted molar refractivity (Wildman–Crippen MR) is 97.3 cm³/mol. The summed E-state index contributed by atoms with van der Waals surface area (Å²) >= 11 is 0. The standard InChI is InChI=1S/C20H22O5/c1-4-24-18-11-10-14(13-19(18)25-5-2)12-16(20(21)22)15-8-6-7-9-17(15)23-3/h6-13H,4-5H2,1-3H3,(H,21,22)/b16-12-. The third kappa shape index (κ3) is 4.53. The normalized spacial score (nSPS) is 11.1. The number of hydrogen-bond donors (Lipinski definition) is 1. The van der Waals surface area contributed by atoms with Crippen LogP contribution in [0, 0.1) is 0 Å². The molecule has 2 aromatic rings. The Morgan fingerprint density at radius 1 is 1.00 bits per heavy atom. The number of para-hydroxylation sites is 1. The van der Waals surface area contributed by atoms with Gasteiger partial charge in [0.25, 0.3) is 0 Å². The Hall–Kier alpha value is -2.95. The van der Waals surface area contributed by atoms with E-state index in [-0.39, 0.29) is 5.57 Å². The van der Waals surface area contributed by atoms with Crippen molar-refractivity contribution in [3.63, 3.8) is 0 Å². The van der Waals surface area contributed by atoms with E-state index in [1.165, 1.54) is 7.11 Å². The van der Waals surface area contributed by atoms with E-state index in [0.717, 1.165) is 0 Å². The zero-order valence-corrected chi connectivity index (χ0v) is 14.6. The highest BCUT2D eigenvalue weighted by atomic mass is 16.5. The van der Waals surface area contributed by atoms with Crippen LogP contribution in [0.1, 0.15) is 25.0 Å². The first-order valence-corrected chi connectivity index (χ1v) is 8.08. The van der Waals surface area contributed by atoms with Gasteiger partial charge in [0.15, 0.2) is 11.5 Å². The minimum Gasteiger partial charge on any atom is -0.496 e. The molecule has 2 aromatic carbocycles. The molecule has 0 saturated carbocycles. The van der Waals surface area contributed by atoms with E-state index in [4.69, 9.17) is 14.2 Å². The maximum absolute atomic E-state index is 11.8. The summed E-state index contributed by atoms with van der Waals surface area (Å²) in [5.74, 6) is 0.696. The van der Waals surface area contributed by atoms with Gasteiger partial charge in [-0.15, -0.1) is 0 Å². The zero-order chi connectivity index (χ0) is 18.2. The summed E-state index contributed by atoms with van der Waals surface area (Å²) in [4.78, 5) is 11.8. The number of methoxy groups -OCH3 is 1. The molecule has 0 fully saturated rings. The lowest BCUT2D eigenvalue weighted by Gasteiger charge is -2.12. The van der Waals surface area contributed by atoms with E-state index in [2.05, 4.69) is 0 Å². The summed E-state index contributed by atoms with van der Waals surface area (Å²) in [7, 11) is 1.52. The Labute approximate surface area is 147 Å². The quantitative estimate of drug-likeness (QED) is 0.577. The fourth-order valence-corrected chi connectivity index (χ4v) is 2.45. The molecule has 0 heterocycles. The second kappa shape index (κ2) is 8.78. The summed E-state index contributed by atoms with van der Waals surface area (Å²) in [6.07, 6.45) is 1.60. The molecule has 132 valence electrons. The van der Waals surface area contributed by atoms with Crippen LogP contribution in [0.3, 0.4) is 0 Å². The van der Waals surface area contributed by atoms with Crippen LogP contribution in [0.25, 0.3) is 11.6 Å². The predicted octanol–water partition coefficient (Wildman–Crippen LogP) is 4.12. The molecule has 2 rings (SSSR count). The number of ether oxygens (including phenoxy) is 3.